The molecule has 1 heterocycles. The number of halogens is 3. The molecule has 0 bridgehead atoms. The van der Waals surface area contributed by atoms with Gasteiger partial charge in [-0.2, -0.15) is 0 Å². The number of rotatable bonds is 1. The molecule has 4 heteroatoms. The fourth-order valence-corrected chi connectivity index (χ4v) is 1.31. The molecule has 0 atom stereocenters. The van der Waals surface area contributed by atoms with Crippen LogP contribution in [0.15, 0.2) is 10.7 Å². The van der Waals surface area contributed by atoms with Crippen LogP contribution < -0.4 is 0 Å². The van der Waals surface area contributed by atoms with Crippen molar-refractivity contribution in [3.8, 4) is 0 Å². The van der Waals surface area contributed by atoms with Crippen molar-refractivity contribution in [1.82, 2.24) is 4.98 Å². The maximum Gasteiger partial charge on any atom is 0.280 e. The van der Waals surface area contributed by atoms with Crippen LogP contribution in [0, 0.1) is 13.8 Å². The van der Waals surface area contributed by atoms with Gasteiger partial charge in [0.15, 0.2) is 0 Å². The molecule has 0 fully saturated rings. The van der Waals surface area contributed by atoms with Crippen LogP contribution in [0.1, 0.15) is 23.2 Å². The molecular formula is C8H8BrF2N. The van der Waals surface area contributed by atoms with Crippen LogP contribution >= 0.6 is 15.9 Å². The maximum atomic E-state index is 12.3. The van der Waals surface area contributed by atoms with Gasteiger partial charge in [-0.1, -0.05) is 0 Å². The lowest BCUT2D eigenvalue weighted by Crippen LogP contribution is -1.97. The molecular weight excluding hydrogens is 228 g/mol. The first-order valence-corrected chi connectivity index (χ1v) is 4.23. The lowest BCUT2D eigenvalue weighted by Gasteiger charge is -2.07. The molecule has 1 rings (SSSR count). The van der Waals surface area contributed by atoms with E-state index in [1.165, 1.54) is 6.20 Å². The third-order valence-corrected chi connectivity index (χ3v) is 2.63. The quantitative estimate of drug-likeness (QED) is 0.728. The normalized spacial score (nSPS) is 10.8. The van der Waals surface area contributed by atoms with Crippen molar-refractivity contribution >= 4 is 15.9 Å². The highest BCUT2D eigenvalue weighted by atomic mass is 79.9. The molecule has 0 unspecified atom stereocenters. The Kier molecular flexibility index (Phi) is 2.77. The zero-order chi connectivity index (χ0) is 9.30. The summed E-state index contributed by atoms with van der Waals surface area (Å²) in [4.78, 5) is 3.64. The first-order chi connectivity index (χ1) is 5.54. The average molecular weight is 236 g/mol. The Balaban J connectivity index is 3.27. The summed E-state index contributed by atoms with van der Waals surface area (Å²) in [6, 6.07) is 0. The van der Waals surface area contributed by atoms with Crippen molar-refractivity contribution in [2.45, 2.75) is 20.3 Å². The minimum Gasteiger partial charge on any atom is -0.254 e. The first kappa shape index (κ1) is 9.58. The number of nitrogens with zero attached hydrogens (tertiary/aromatic N) is 1. The maximum absolute atomic E-state index is 12.3. The summed E-state index contributed by atoms with van der Waals surface area (Å²) >= 11 is 3.22. The van der Waals surface area contributed by atoms with Crippen LogP contribution in [0.3, 0.4) is 0 Å². The van der Waals surface area contributed by atoms with Gasteiger partial charge in [0.1, 0.15) is 5.69 Å². The predicted molar refractivity (Wildman–Crippen MR) is 46.4 cm³/mol. The highest BCUT2D eigenvalue weighted by Crippen LogP contribution is 2.26. The summed E-state index contributed by atoms with van der Waals surface area (Å²) in [7, 11) is 0. The van der Waals surface area contributed by atoms with Crippen LogP contribution in [-0.2, 0) is 0 Å². The zero-order valence-corrected chi connectivity index (χ0v) is 8.32. The first-order valence-electron chi connectivity index (χ1n) is 3.43. The smallest absolute Gasteiger partial charge is 0.254 e. The molecule has 0 saturated heterocycles. The van der Waals surface area contributed by atoms with E-state index in [-0.39, 0.29) is 5.69 Å². The summed E-state index contributed by atoms with van der Waals surface area (Å²) in [5, 5.41) is 0. The predicted octanol–water partition coefficient (Wildman–Crippen LogP) is 3.40. The molecule has 66 valence electrons. The van der Waals surface area contributed by atoms with Crippen molar-refractivity contribution in [3.05, 3.63) is 27.5 Å². The number of hydrogen-bond acceptors (Lipinski definition) is 1. The van der Waals surface area contributed by atoms with Crippen LogP contribution in [0.4, 0.5) is 8.78 Å². The number of alkyl halides is 2. The Morgan fingerprint density at radius 1 is 1.33 bits per heavy atom. The Morgan fingerprint density at radius 3 is 2.42 bits per heavy atom. The summed E-state index contributed by atoms with van der Waals surface area (Å²) in [6.45, 7) is 3.43. The molecule has 12 heavy (non-hydrogen) atoms. The molecule has 0 amide bonds. The topological polar surface area (TPSA) is 12.9 Å². The van der Waals surface area contributed by atoms with Gasteiger partial charge in [-0.3, -0.25) is 4.98 Å². The Hall–Kier alpha value is -0.510. The molecule has 1 aromatic rings. The fourth-order valence-electron chi connectivity index (χ4n) is 0.911. The van der Waals surface area contributed by atoms with Crippen LogP contribution in [0.25, 0.3) is 0 Å². The van der Waals surface area contributed by atoms with E-state index in [1.54, 1.807) is 13.8 Å². The summed E-state index contributed by atoms with van der Waals surface area (Å²) < 4.78 is 25.3. The Bertz CT molecular complexity index is 299. The van der Waals surface area contributed by atoms with Crippen molar-refractivity contribution in [1.29, 1.82) is 0 Å². The minimum absolute atomic E-state index is 0.129. The lowest BCUT2D eigenvalue weighted by molar-refractivity contribution is 0.145. The van der Waals surface area contributed by atoms with E-state index in [9.17, 15) is 8.78 Å². The third kappa shape index (κ3) is 1.63. The van der Waals surface area contributed by atoms with Crippen molar-refractivity contribution in [2.75, 3.05) is 0 Å². The Morgan fingerprint density at radius 2 is 1.92 bits per heavy atom. The van der Waals surface area contributed by atoms with Gasteiger partial charge in [-0.05, 0) is 40.9 Å². The monoisotopic (exact) mass is 235 g/mol. The standard InChI is InChI=1S/C8H8BrF2N/c1-4-5(2)7(8(10)11)12-3-6(4)9/h3,8H,1-2H3. The largest absolute Gasteiger partial charge is 0.280 e. The Labute approximate surface area is 77.9 Å². The number of aromatic nitrogens is 1. The second-order valence-electron chi connectivity index (χ2n) is 2.54. The molecule has 0 saturated carbocycles. The summed E-state index contributed by atoms with van der Waals surface area (Å²) in [5.74, 6) is 0. The molecule has 0 aliphatic carbocycles. The van der Waals surface area contributed by atoms with E-state index in [0.29, 0.717) is 5.56 Å². The zero-order valence-electron chi connectivity index (χ0n) is 6.74. The SMILES string of the molecule is Cc1c(Br)cnc(C(F)F)c1C. The van der Waals surface area contributed by atoms with Gasteiger partial charge in [-0.15, -0.1) is 0 Å². The second-order valence-corrected chi connectivity index (χ2v) is 3.40. The van der Waals surface area contributed by atoms with Crippen LogP contribution in [-0.4, -0.2) is 4.98 Å². The van der Waals surface area contributed by atoms with Gasteiger partial charge in [0.25, 0.3) is 6.43 Å². The third-order valence-electron chi connectivity index (χ3n) is 1.83. The number of pyridine rings is 1. The van der Waals surface area contributed by atoms with Gasteiger partial charge < -0.3 is 0 Å². The highest BCUT2D eigenvalue weighted by molar-refractivity contribution is 9.10. The van der Waals surface area contributed by atoms with E-state index < -0.39 is 6.43 Å². The van der Waals surface area contributed by atoms with E-state index >= 15 is 0 Å². The van der Waals surface area contributed by atoms with E-state index in [0.717, 1.165) is 10.0 Å². The molecule has 0 N–H and O–H groups in total. The van der Waals surface area contributed by atoms with Gasteiger partial charge in [-0.25, -0.2) is 8.78 Å². The molecule has 1 nitrogen and oxygen atoms in total. The molecule has 0 aliphatic heterocycles. The second kappa shape index (κ2) is 3.47. The minimum atomic E-state index is -2.49. The van der Waals surface area contributed by atoms with E-state index in [4.69, 9.17) is 0 Å². The average Bonchev–Trinajstić information content (AvgIpc) is 2.00. The van der Waals surface area contributed by atoms with Crippen LogP contribution in [0.5, 0.6) is 0 Å². The summed E-state index contributed by atoms with van der Waals surface area (Å²) in [5.41, 5.74) is 1.25. The molecule has 1 aromatic heterocycles. The van der Waals surface area contributed by atoms with E-state index in [2.05, 4.69) is 20.9 Å². The highest BCUT2D eigenvalue weighted by Gasteiger charge is 2.14. The molecule has 0 radical (unpaired) electrons. The van der Waals surface area contributed by atoms with Gasteiger partial charge in [0.05, 0.1) is 0 Å². The van der Waals surface area contributed by atoms with Crippen molar-refractivity contribution < 1.29 is 8.78 Å². The number of hydrogen-bond donors (Lipinski definition) is 0. The van der Waals surface area contributed by atoms with Gasteiger partial charge in [0.2, 0.25) is 0 Å². The fraction of sp³-hybridized carbons (Fsp3) is 0.375. The van der Waals surface area contributed by atoms with Gasteiger partial charge in [0, 0.05) is 10.7 Å². The lowest BCUT2D eigenvalue weighted by atomic mass is 10.1. The van der Waals surface area contributed by atoms with Gasteiger partial charge >= 0.3 is 0 Å². The van der Waals surface area contributed by atoms with Crippen molar-refractivity contribution in [2.24, 2.45) is 0 Å². The molecule has 0 spiro atoms. The molecule has 0 aliphatic rings. The molecule has 0 aromatic carbocycles. The van der Waals surface area contributed by atoms with E-state index in [1.807, 2.05) is 0 Å². The summed E-state index contributed by atoms with van der Waals surface area (Å²) in [6.07, 6.45) is -1.08. The van der Waals surface area contributed by atoms with Crippen molar-refractivity contribution in [3.63, 3.8) is 0 Å². The van der Waals surface area contributed by atoms with Crippen LogP contribution in [0.2, 0.25) is 0 Å².